The van der Waals surface area contributed by atoms with E-state index in [1.165, 1.54) is 4.90 Å². The second kappa shape index (κ2) is 3.77. The van der Waals surface area contributed by atoms with Crippen LogP contribution >= 0.6 is 15.9 Å². The number of likely N-dealkylation sites (tertiary alicyclic amines) is 1. The standard InChI is InChI=1S/C11H10BrNO2/c1-13-10(15)6-9(14)11(13)7-2-4-8(12)5-3-7/h2-5,11H,6H2,1H3. The van der Waals surface area contributed by atoms with Crippen LogP contribution < -0.4 is 0 Å². The van der Waals surface area contributed by atoms with Gasteiger partial charge in [0.15, 0.2) is 5.78 Å². The van der Waals surface area contributed by atoms with Crippen molar-refractivity contribution in [3.63, 3.8) is 0 Å². The Balaban J connectivity index is 2.34. The molecule has 0 spiro atoms. The fourth-order valence-corrected chi connectivity index (χ4v) is 2.05. The zero-order valence-corrected chi connectivity index (χ0v) is 9.82. The molecule has 1 saturated heterocycles. The number of carbonyl (C=O) groups excluding carboxylic acids is 2. The van der Waals surface area contributed by atoms with Crippen LogP contribution in [-0.2, 0) is 9.59 Å². The fraction of sp³-hybridized carbons (Fsp3) is 0.273. The molecule has 15 heavy (non-hydrogen) atoms. The van der Waals surface area contributed by atoms with Gasteiger partial charge in [-0.2, -0.15) is 0 Å². The molecule has 1 aromatic rings. The maximum Gasteiger partial charge on any atom is 0.230 e. The molecule has 0 N–H and O–H groups in total. The minimum absolute atomic E-state index is 0.0233. The molecule has 2 rings (SSSR count). The van der Waals surface area contributed by atoms with Gasteiger partial charge in [-0.25, -0.2) is 0 Å². The van der Waals surface area contributed by atoms with Crippen molar-refractivity contribution in [2.24, 2.45) is 0 Å². The van der Waals surface area contributed by atoms with E-state index in [9.17, 15) is 9.59 Å². The lowest BCUT2D eigenvalue weighted by molar-refractivity contribution is -0.127. The number of ketones is 1. The Kier molecular flexibility index (Phi) is 2.61. The highest BCUT2D eigenvalue weighted by Crippen LogP contribution is 2.28. The van der Waals surface area contributed by atoms with Crippen molar-refractivity contribution < 1.29 is 9.59 Å². The van der Waals surface area contributed by atoms with E-state index >= 15 is 0 Å². The van der Waals surface area contributed by atoms with Gasteiger partial charge in [0.1, 0.15) is 6.04 Å². The highest BCUT2D eigenvalue weighted by Gasteiger charge is 2.36. The number of carbonyl (C=O) groups is 2. The molecular weight excluding hydrogens is 258 g/mol. The molecule has 0 saturated carbocycles. The average Bonchev–Trinajstić information content (AvgIpc) is 2.44. The topological polar surface area (TPSA) is 37.4 Å². The summed E-state index contributed by atoms with van der Waals surface area (Å²) < 4.78 is 0.964. The molecule has 1 heterocycles. The molecule has 1 aliphatic rings. The molecule has 1 aliphatic heterocycles. The van der Waals surface area contributed by atoms with Crippen molar-refractivity contribution in [3.8, 4) is 0 Å². The Morgan fingerprint density at radius 2 is 1.87 bits per heavy atom. The van der Waals surface area contributed by atoms with Crippen molar-refractivity contribution >= 4 is 27.6 Å². The molecule has 1 fully saturated rings. The highest BCUT2D eigenvalue weighted by atomic mass is 79.9. The Labute approximate surface area is 96.2 Å². The normalized spacial score (nSPS) is 21.2. The maximum atomic E-state index is 11.6. The number of Topliss-reactive ketones (excluding diaryl/α,β-unsaturated/α-hetero) is 1. The molecule has 1 atom stereocenters. The number of nitrogens with zero attached hydrogens (tertiary/aromatic N) is 1. The maximum absolute atomic E-state index is 11.6. The quantitative estimate of drug-likeness (QED) is 0.730. The first-order valence-corrected chi connectivity index (χ1v) is 5.43. The van der Waals surface area contributed by atoms with Gasteiger partial charge in [-0.3, -0.25) is 9.59 Å². The SMILES string of the molecule is CN1C(=O)CC(=O)C1c1ccc(Br)cc1. The molecule has 0 bridgehead atoms. The summed E-state index contributed by atoms with van der Waals surface area (Å²) in [5.41, 5.74) is 0.872. The monoisotopic (exact) mass is 267 g/mol. The van der Waals surface area contributed by atoms with E-state index in [4.69, 9.17) is 0 Å². The lowest BCUT2D eigenvalue weighted by Crippen LogP contribution is -2.24. The first-order valence-electron chi connectivity index (χ1n) is 4.63. The van der Waals surface area contributed by atoms with Gasteiger partial charge in [0, 0.05) is 11.5 Å². The van der Waals surface area contributed by atoms with Crippen molar-refractivity contribution in [1.82, 2.24) is 4.90 Å². The van der Waals surface area contributed by atoms with Crippen LogP contribution in [0.3, 0.4) is 0 Å². The van der Waals surface area contributed by atoms with Crippen molar-refractivity contribution in [1.29, 1.82) is 0 Å². The Morgan fingerprint density at radius 1 is 1.27 bits per heavy atom. The molecule has 4 heteroatoms. The van der Waals surface area contributed by atoms with Gasteiger partial charge >= 0.3 is 0 Å². The first kappa shape index (κ1) is 10.4. The summed E-state index contributed by atoms with van der Waals surface area (Å²) in [4.78, 5) is 24.4. The van der Waals surface area contributed by atoms with Gasteiger partial charge in [0.05, 0.1) is 6.42 Å². The molecule has 1 amide bonds. The number of benzene rings is 1. The van der Waals surface area contributed by atoms with Crippen LogP contribution in [0.25, 0.3) is 0 Å². The summed E-state index contributed by atoms with van der Waals surface area (Å²) >= 11 is 3.33. The second-order valence-electron chi connectivity index (χ2n) is 3.60. The van der Waals surface area contributed by atoms with Crippen molar-refractivity contribution in [3.05, 3.63) is 34.3 Å². The van der Waals surface area contributed by atoms with Crippen LogP contribution in [0.1, 0.15) is 18.0 Å². The Morgan fingerprint density at radius 3 is 2.33 bits per heavy atom. The number of hydrogen-bond acceptors (Lipinski definition) is 2. The van der Waals surface area contributed by atoms with Crippen LogP contribution in [0.4, 0.5) is 0 Å². The minimum atomic E-state index is -0.398. The van der Waals surface area contributed by atoms with E-state index < -0.39 is 6.04 Å². The molecule has 1 aromatic carbocycles. The van der Waals surface area contributed by atoms with Crippen LogP contribution in [0, 0.1) is 0 Å². The molecule has 78 valence electrons. The third kappa shape index (κ3) is 1.81. The van der Waals surface area contributed by atoms with Crippen molar-refractivity contribution in [2.75, 3.05) is 7.05 Å². The first-order chi connectivity index (χ1) is 7.09. The van der Waals surface area contributed by atoms with E-state index in [1.54, 1.807) is 7.05 Å². The van der Waals surface area contributed by atoms with Crippen LogP contribution in [0.15, 0.2) is 28.7 Å². The van der Waals surface area contributed by atoms with Gasteiger partial charge in [-0.1, -0.05) is 28.1 Å². The molecular formula is C11H10BrNO2. The summed E-state index contributed by atoms with van der Waals surface area (Å²) in [5.74, 6) is -0.127. The zero-order valence-electron chi connectivity index (χ0n) is 8.24. The zero-order chi connectivity index (χ0) is 11.0. The van der Waals surface area contributed by atoms with Gasteiger partial charge < -0.3 is 4.90 Å². The number of halogens is 1. The predicted molar refractivity (Wildman–Crippen MR) is 59.3 cm³/mol. The summed E-state index contributed by atoms with van der Waals surface area (Å²) in [6.45, 7) is 0. The summed E-state index contributed by atoms with van der Waals surface area (Å²) in [6.07, 6.45) is 0.0250. The second-order valence-corrected chi connectivity index (χ2v) is 4.52. The van der Waals surface area contributed by atoms with E-state index in [1.807, 2.05) is 24.3 Å². The molecule has 0 radical (unpaired) electrons. The van der Waals surface area contributed by atoms with E-state index in [0.29, 0.717) is 0 Å². The lowest BCUT2D eigenvalue weighted by atomic mass is 10.0. The third-order valence-electron chi connectivity index (χ3n) is 2.60. The number of hydrogen-bond donors (Lipinski definition) is 0. The van der Waals surface area contributed by atoms with Crippen LogP contribution in [0.2, 0.25) is 0 Å². The lowest BCUT2D eigenvalue weighted by Gasteiger charge is -2.18. The van der Waals surface area contributed by atoms with Gasteiger partial charge in [0.25, 0.3) is 0 Å². The highest BCUT2D eigenvalue weighted by molar-refractivity contribution is 9.10. The van der Waals surface area contributed by atoms with Gasteiger partial charge in [0.2, 0.25) is 5.91 Å². The van der Waals surface area contributed by atoms with E-state index in [0.717, 1.165) is 10.0 Å². The van der Waals surface area contributed by atoms with Crippen LogP contribution in [-0.4, -0.2) is 23.6 Å². The number of rotatable bonds is 1. The average molecular weight is 268 g/mol. The molecule has 0 aliphatic carbocycles. The summed E-state index contributed by atoms with van der Waals surface area (Å²) in [7, 11) is 1.67. The predicted octanol–water partition coefficient (Wildman–Crippen LogP) is 1.92. The Bertz CT molecular complexity index is 413. The van der Waals surface area contributed by atoms with Gasteiger partial charge in [-0.15, -0.1) is 0 Å². The molecule has 1 unspecified atom stereocenters. The molecule has 0 aromatic heterocycles. The fourth-order valence-electron chi connectivity index (χ4n) is 1.78. The smallest absolute Gasteiger partial charge is 0.230 e. The minimum Gasteiger partial charge on any atom is -0.331 e. The number of amides is 1. The third-order valence-corrected chi connectivity index (χ3v) is 3.13. The number of likely N-dealkylation sites (N-methyl/N-ethyl adjacent to an activating group) is 1. The van der Waals surface area contributed by atoms with E-state index in [-0.39, 0.29) is 18.1 Å². The van der Waals surface area contributed by atoms with E-state index in [2.05, 4.69) is 15.9 Å². The van der Waals surface area contributed by atoms with Crippen LogP contribution in [0.5, 0.6) is 0 Å². The summed E-state index contributed by atoms with van der Waals surface area (Å²) in [6, 6.07) is 7.08. The largest absolute Gasteiger partial charge is 0.331 e. The summed E-state index contributed by atoms with van der Waals surface area (Å²) in [5, 5.41) is 0. The Hall–Kier alpha value is -1.16. The molecule has 3 nitrogen and oxygen atoms in total. The van der Waals surface area contributed by atoms with Crippen molar-refractivity contribution in [2.45, 2.75) is 12.5 Å². The van der Waals surface area contributed by atoms with Gasteiger partial charge in [-0.05, 0) is 17.7 Å².